The molecule has 0 fully saturated rings. The van der Waals surface area contributed by atoms with Gasteiger partial charge in [0.25, 0.3) is 0 Å². The van der Waals surface area contributed by atoms with Crippen molar-refractivity contribution in [2.75, 3.05) is 0 Å². The highest BCUT2D eigenvalue weighted by atomic mass is 32.1. The summed E-state index contributed by atoms with van der Waals surface area (Å²) in [4.78, 5) is 25.2. The topological polar surface area (TPSA) is 57.6 Å². The number of aliphatic carboxylic acids is 1. The summed E-state index contributed by atoms with van der Waals surface area (Å²) in [5.41, 5.74) is 0. The summed E-state index contributed by atoms with van der Waals surface area (Å²) in [6.45, 7) is 5.50. The molecule has 0 bridgehead atoms. The summed E-state index contributed by atoms with van der Waals surface area (Å²) in [6.07, 6.45) is 0.596. The molecule has 0 aliphatic carbocycles. The first-order valence-corrected chi connectivity index (χ1v) is 5.81. The van der Waals surface area contributed by atoms with E-state index in [9.17, 15) is 14.7 Å². The molecule has 1 aromatic rings. The molecule has 1 amide bonds. The lowest BCUT2D eigenvalue weighted by atomic mass is 10.2. The van der Waals surface area contributed by atoms with E-state index in [0.29, 0.717) is 11.3 Å². The Labute approximate surface area is 98.5 Å². The molecular weight excluding hydrogens is 226 g/mol. The fraction of sp³-hybridized carbons (Fsp3) is 0.455. The predicted molar refractivity (Wildman–Crippen MR) is 62.5 cm³/mol. The quantitative estimate of drug-likeness (QED) is 0.803. The number of thiophene rings is 1. The van der Waals surface area contributed by atoms with Gasteiger partial charge >= 0.3 is 5.97 Å². The molecule has 1 N–H and O–H groups in total. The van der Waals surface area contributed by atoms with Crippen molar-refractivity contribution in [1.82, 2.24) is 4.90 Å². The lowest BCUT2D eigenvalue weighted by Gasteiger charge is -2.27. The Morgan fingerprint density at radius 2 is 2.12 bits per heavy atom. The highest BCUT2D eigenvalue weighted by Gasteiger charge is 2.29. The Balaban J connectivity index is 3.08. The molecule has 1 rings (SSSR count). The molecule has 0 aliphatic heterocycles. The van der Waals surface area contributed by atoms with Crippen molar-refractivity contribution in [1.29, 1.82) is 0 Å². The molecule has 88 valence electrons. The van der Waals surface area contributed by atoms with Gasteiger partial charge in [-0.1, -0.05) is 0 Å². The summed E-state index contributed by atoms with van der Waals surface area (Å²) >= 11 is 1.40. The monoisotopic (exact) mass is 241 g/mol. The molecule has 0 spiro atoms. The number of nitrogens with zero attached hydrogens (tertiary/aromatic N) is 1. The number of carboxylic acids is 1. The lowest BCUT2D eigenvalue weighted by molar-refractivity contribution is -0.147. The maximum Gasteiger partial charge on any atom is 0.331 e. The summed E-state index contributed by atoms with van der Waals surface area (Å²) in [6, 6.07) is 2.61. The molecule has 4 nitrogen and oxygen atoms in total. The molecule has 0 aromatic carbocycles. The van der Waals surface area contributed by atoms with E-state index in [2.05, 4.69) is 0 Å². The van der Waals surface area contributed by atoms with Gasteiger partial charge in [0.2, 0.25) is 6.41 Å². The van der Waals surface area contributed by atoms with Crippen molar-refractivity contribution >= 4 is 23.7 Å². The first-order chi connectivity index (χ1) is 7.47. The Hall–Kier alpha value is -1.36. The van der Waals surface area contributed by atoms with E-state index in [4.69, 9.17) is 0 Å². The predicted octanol–water partition coefficient (Wildman–Crippen LogP) is 2.05. The van der Waals surface area contributed by atoms with Gasteiger partial charge in [-0.15, -0.1) is 11.3 Å². The van der Waals surface area contributed by atoms with E-state index in [1.807, 2.05) is 13.0 Å². The minimum Gasteiger partial charge on any atom is -0.479 e. The van der Waals surface area contributed by atoms with Gasteiger partial charge in [0.05, 0.1) is 0 Å². The van der Waals surface area contributed by atoms with Crippen LogP contribution in [-0.2, 0) is 9.59 Å². The third-order valence-corrected chi connectivity index (χ3v) is 3.33. The molecular formula is C11H15NO3S. The molecule has 1 aromatic heterocycles. The van der Waals surface area contributed by atoms with Crippen LogP contribution in [-0.4, -0.2) is 28.4 Å². The summed E-state index contributed by atoms with van der Waals surface area (Å²) < 4.78 is 0. The van der Waals surface area contributed by atoms with Crippen molar-refractivity contribution < 1.29 is 14.7 Å². The van der Waals surface area contributed by atoms with Gasteiger partial charge < -0.3 is 10.0 Å². The maximum atomic E-state index is 11.2. The Morgan fingerprint density at radius 1 is 1.50 bits per heavy atom. The van der Waals surface area contributed by atoms with E-state index < -0.39 is 12.0 Å². The van der Waals surface area contributed by atoms with E-state index in [1.165, 1.54) is 16.2 Å². The molecule has 0 radical (unpaired) electrons. The van der Waals surface area contributed by atoms with E-state index in [1.54, 1.807) is 19.9 Å². The van der Waals surface area contributed by atoms with Crippen molar-refractivity contribution in [3.63, 3.8) is 0 Å². The fourth-order valence-corrected chi connectivity index (χ4v) is 2.46. The van der Waals surface area contributed by atoms with Crippen molar-refractivity contribution in [2.45, 2.75) is 32.9 Å². The average Bonchev–Trinajstić information content (AvgIpc) is 2.59. The number of carbonyl (C=O) groups excluding carboxylic acids is 1. The SMILES string of the molecule is Cc1ccc(C(C(=O)O)N(C=O)C(C)C)s1. The van der Waals surface area contributed by atoms with Crippen molar-refractivity contribution in [2.24, 2.45) is 0 Å². The van der Waals surface area contributed by atoms with Gasteiger partial charge in [-0.05, 0) is 32.9 Å². The smallest absolute Gasteiger partial charge is 0.331 e. The Kier molecular flexibility index (Phi) is 4.06. The first kappa shape index (κ1) is 12.7. The highest BCUT2D eigenvalue weighted by molar-refractivity contribution is 7.12. The average molecular weight is 241 g/mol. The number of hydrogen-bond acceptors (Lipinski definition) is 3. The highest BCUT2D eigenvalue weighted by Crippen LogP contribution is 2.28. The molecule has 1 heterocycles. The molecule has 16 heavy (non-hydrogen) atoms. The largest absolute Gasteiger partial charge is 0.479 e. The van der Waals surface area contributed by atoms with Gasteiger partial charge in [-0.3, -0.25) is 4.79 Å². The van der Waals surface area contributed by atoms with Gasteiger partial charge in [0.1, 0.15) is 0 Å². The van der Waals surface area contributed by atoms with Crippen molar-refractivity contribution in [3.05, 3.63) is 21.9 Å². The summed E-state index contributed by atoms with van der Waals surface area (Å²) in [7, 11) is 0. The maximum absolute atomic E-state index is 11.2. The zero-order valence-electron chi connectivity index (χ0n) is 9.51. The minimum atomic E-state index is -0.998. The zero-order chi connectivity index (χ0) is 12.3. The second-order valence-corrected chi connectivity index (χ2v) is 5.16. The van der Waals surface area contributed by atoms with E-state index >= 15 is 0 Å². The van der Waals surface area contributed by atoms with Gasteiger partial charge in [0, 0.05) is 15.8 Å². The minimum absolute atomic E-state index is 0.138. The van der Waals surface area contributed by atoms with Crippen LogP contribution in [0.5, 0.6) is 0 Å². The summed E-state index contributed by atoms with van der Waals surface area (Å²) in [5.74, 6) is -0.998. The van der Waals surface area contributed by atoms with Crippen LogP contribution in [0.15, 0.2) is 12.1 Å². The second-order valence-electron chi connectivity index (χ2n) is 3.84. The number of carboxylic acid groups (broad SMARTS) is 1. The number of aryl methyl sites for hydroxylation is 1. The van der Waals surface area contributed by atoms with Gasteiger partial charge in [-0.25, -0.2) is 4.79 Å². The number of hydrogen-bond donors (Lipinski definition) is 1. The molecule has 5 heteroatoms. The number of rotatable bonds is 5. The zero-order valence-corrected chi connectivity index (χ0v) is 10.3. The van der Waals surface area contributed by atoms with Crippen LogP contribution in [0, 0.1) is 6.92 Å². The number of carbonyl (C=O) groups is 2. The van der Waals surface area contributed by atoms with Crippen LogP contribution in [0.1, 0.15) is 29.6 Å². The summed E-state index contributed by atoms with van der Waals surface area (Å²) in [5, 5.41) is 9.19. The molecule has 1 unspecified atom stereocenters. The van der Waals surface area contributed by atoms with Gasteiger partial charge in [-0.2, -0.15) is 0 Å². The van der Waals surface area contributed by atoms with Crippen molar-refractivity contribution in [3.8, 4) is 0 Å². The Bertz CT molecular complexity index is 386. The van der Waals surface area contributed by atoms with Crippen LogP contribution in [0.25, 0.3) is 0 Å². The third kappa shape index (κ3) is 2.61. The van der Waals surface area contributed by atoms with Gasteiger partial charge in [0.15, 0.2) is 6.04 Å². The third-order valence-electron chi connectivity index (χ3n) is 2.28. The normalized spacial score (nSPS) is 12.5. The fourth-order valence-electron chi connectivity index (χ4n) is 1.48. The van der Waals surface area contributed by atoms with Crippen LogP contribution in [0.4, 0.5) is 0 Å². The van der Waals surface area contributed by atoms with E-state index in [0.717, 1.165) is 4.88 Å². The van der Waals surface area contributed by atoms with E-state index in [-0.39, 0.29) is 6.04 Å². The van der Waals surface area contributed by atoms with Crippen LogP contribution in [0.2, 0.25) is 0 Å². The van der Waals surface area contributed by atoms with Crippen LogP contribution >= 0.6 is 11.3 Å². The second kappa shape index (κ2) is 5.12. The van der Waals surface area contributed by atoms with Crippen LogP contribution < -0.4 is 0 Å². The standard InChI is InChI=1S/C11H15NO3S/c1-7(2)12(6-13)10(11(14)15)9-5-4-8(3)16-9/h4-7,10H,1-3H3,(H,14,15). The molecule has 0 saturated carbocycles. The number of amides is 1. The molecule has 1 atom stereocenters. The van der Waals surface area contributed by atoms with Crippen LogP contribution in [0.3, 0.4) is 0 Å². The lowest BCUT2D eigenvalue weighted by Crippen LogP contribution is -2.37. The molecule has 0 saturated heterocycles. The molecule has 0 aliphatic rings. The Morgan fingerprint density at radius 3 is 2.44 bits per heavy atom. The first-order valence-electron chi connectivity index (χ1n) is 4.99.